The van der Waals surface area contributed by atoms with E-state index < -0.39 is 5.76 Å². The van der Waals surface area contributed by atoms with Gasteiger partial charge in [0.25, 0.3) is 11.7 Å². The van der Waals surface area contributed by atoms with Crippen LogP contribution in [-0.4, -0.2) is 28.7 Å². The van der Waals surface area contributed by atoms with Gasteiger partial charge in [0.15, 0.2) is 5.13 Å². The number of carbonyl (C=O) groups excluding carboxylic acids is 1. The molecule has 0 aliphatic carbocycles. The van der Waals surface area contributed by atoms with Crippen LogP contribution < -0.4 is 10.1 Å². The number of amides is 1. The van der Waals surface area contributed by atoms with Gasteiger partial charge in [-0.1, -0.05) is 59.5 Å². The van der Waals surface area contributed by atoms with E-state index in [-0.39, 0.29) is 5.91 Å². The Bertz CT molecular complexity index is 1840. The van der Waals surface area contributed by atoms with Crippen LogP contribution in [0.2, 0.25) is 0 Å². The fraction of sp³-hybridized carbons (Fsp3) is 0.0690. The second-order valence-corrected chi connectivity index (χ2v) is 10.6. The molecule has 0 radical (unpaired) electrons. The molecule has 0 aliphatic rings. The highest BCUT2D eigenvalue weighted by Crippen LogP contribution is 2.34. The number of aromatic nitrogens is 2. The fourth-order valence-electron chi connectivity index (χ4n) is 4.32. The summed E-state index contributed by atoms with van der Waals surface area (Å²) in [5.74, 6) is -2.04. The van der Waals surface area contributed by atoms with Gasteiger partial charge in [0.1, 0.15) is 5.75 Å². The molecule has 6 rings (SSSR count). The zero-order valence-corrected chi connectivity index (χ0v) is 21.6. The number of thiazole rings is 1. The van der Waals surface area contributed by atoms with Crippen LogP contribution in [0.3, 0.4) is 0 Å². The van der Waals surface area contributed by atoms with Crippen molar-refractivity contribution in [1.82, 2.24) is 9.97 Å². The summed E-state index contributed by atoms with van der Waals surface area (Å²) in [5, 5.41) is 6.08. The molecule has 0 bridgehead atoms. The summed E-state index contributed by atoms with van der Waals surface area (Å²) in [7, 11) is 1.64. The van der Waals surface area contributed by atoms with E-state index in [4.69, 9.17) is 9.72 Å². The third kappa shape index (κ3) is 4.78. The van der Waals surface area contributed by atoms with Crippen molar-refractivity contribution >= 4 is 66.0 Å². The smallest absolute Gasteiger partial charge is 0.288 e. The van der Waals surface area contributed by atoms with E-state index in [0.29, 0.717) is 44.1 Å². The standard InChI is InChI=1S/C29H19F2N3O2S2/c1-36-19-9-8-16-12-18(7-6-17(16)13-19)25-15-22(21-4-2-3-5-23(21)32-25)27(35)34-29-33-24-11-10-20(37-28(30)31)14-26(24)38-29/h2-15,28H,1H3,(H,33,34,35). The van der Waals surface area contributed by atoms with E-state index in [1.807, 2.05) is 60.7 Å². The highest BCUT2D eigenvalue weighted by Gasteiger charge is 2.17. The molecule has 0 spiro atoms. The highest BCUT2D eigenvalue weighted by molar-refractivity contribution is 7.99. The summed E-state index contributed by atoms with van der Waals surface area (Å²) in [5.41, 5.74) is 3.35. The molecule has 0 fully saturated rings. The van der Waals surface area contributed by atoms with Gasteiger partial charge < -0.3 is 4.74 Å². The Morgan fingerprint density at radius 3 is 2.58 bits per heavy atom. The van der Waals surface area contributed by atoms with Gasteiger partial charge >= 0.3 is 0 Å². The number of para-hydroxylation sites is 1. The number of thioether (sulfide) groups is 1. The molecule has 0 unspecified atom stereocenters. The van der Waals surface area contributed by atoms with Crippen molar-refractivity contribution in [3.05, 3.63) is 90.5 Å². The SMILES string of the molecule is COc1ccc2cc(-c3cc(C(=O)Nc4nc5ccc(SC(F)F)cc5s4)c4ccccc4n3)ccc2c1. The largest absolute Gasteiger partial charge is 0.497 e. The molecule has 0 atom stereocenters. The summed E-state index contributed by atoms with van der Waals surface area (Å²) in [6.45, 7) is 0. The van der Waals surface area contributed by atoms with Gasteiger partial charge in [0.2, 0.25) is 0 Å². The van der Waals surface area contributed by atoms with Crippen molar-refractivity contribution in [1.29, 1.82) is 0 Å². The van der Waals surface area contributed by atoms with E-state index >= 15 is 0 Å². The third-order valence-corrected chi connectivity index (χ3v) is 7.75. The average molecular weight is 544 g/mol. The summed E-state index contributed by atoms with van der Waals surface area (Å²) in [6.07, 6.45) is 0. The van der Waals surface area contributed by atoms with Crippen LogP contribution in [0.5, 0.6) is 5.75 Å². The number of ether oxygens (including phenoxy) is 1. The number of pyridine rings is 1. The molecule has 6 aromatic rings. The van der Waals surface area contributed by atoms with E-state index in [1.54, 1.807) is 31.4 Å². The number of hydrogen-bond acceptors (Lipinski definition) is 6. The first-order valence-corrected chi connectivity index (χ1v) is 13.3. The zero-order chi connectivity index (χ0) is 26.2. The summed E-state index contributed by atoms with van der Waals surface area (Å²) >= 11 is 1.73. The van der Waals surface area contributed by atoms with Gasteiger partial charge in [0.05, 0.1) is 34.1 Å². The Morgan fingerprint density at radius 1 is 0.921 bits per heavy atom. The number of methoxy groups -OCH3 is 1. The number of anilines is 1. The predicted molar refractivity (Wildman–Crippen MR) is 151 cm³/mol. The maximum Gasteiger partial charge on any atom is 0.288 e. The van der Waals surface area contributed by atoms with Crippen molar-refractivity contribution in [3.8, 4) is 17.0 Å². The third-order valence-electron chi connectivity index (χ3n) is 6.11. The number of nitrogens with one attached hydrogen (secondary N) is 1. The van der Waals surface area contributed by atoms with Crippen LogP contribution in [0.15, 0.2) is 89.8 Å². The number of benzene rings is 4. The van der Waals surface area contributed by atoms with E-state index in [0.717, 1.165) is 32.2 Å². The maximum atomic E-state index is 13.5. The fourth-order valence-corrected chi connectivity index (χ4v) is 5.83. The summed E-state index contributed by atoms with van der Waals surface area (Å²) in [4.78, 5) is 23.2. The normalized spacial score (nSPS) is 11.5. The second-order valence-electron chi connectivity index (χ2n) is 8.48. The van der Waals surface area contributed by atoms with Gasteiger partial charge in [-0.15, -0.1) is 0 Å². The quantitative estimate of drug-likeness (QED) is 0.214. The predicted octanol–water partition coefficient (Wildman–Crippen LogP) is 8.24. The first-order valence-electron chi connectivity index (χ1n) is 11.6. The molecule has 1 amide bonds. The van der Waals surface area contributed by atoms with Gasteiger partial charge in [-0.05, 0) is 59.3 Å². The molecule has 0 saturated carbocycles. The summed E-state index contributed by atoms with van der Waals surface area (Å²) in [6, 6.07) is 26.1. The number of hydrogen-bond donors (Lipinski definition) is 1. The average Bonchev–Trinajstić information content (AvgIpc) is 3.32. The van der Waals surface area contributed by atoms with Crippen LogP contribution in [-0.2, 0) is 0 Å². The Morgan fingerprint density at radius 2 is 1.74 bits per heavy atom. The molecular formula is C29H19F2N3O2S2. The van der Waals surface area contributed by atoms with Crippen LogP contribution in [0, 0.1) is 0 Å². The van der Waals surface area contributed by atoms with Gasteiger partial charge in [0, 0.05) is 15.8 Å². The highest BCUT2D eigenvalue weighted by atomic mass is 32.2. The molecule has 0 saturated heterocycles. The minimum absolute atomic E-state index is 0.323. The first kappa shape index (κ1) is 24.3. The minimum atomic E-state index is -2.50. The minimum Gasteiger partial charge on any atom is -0.497 e. The number of rotatable bonds is 6. The van der Waals surface area contributed by atoms with Crippen molar-refractivity contribution < 1.29 is 18.3 Å². The number of fused-ring (bicyclic) bond motifs is 3. The van der Waals surface area contributed by atoms with Crippen molar-refractivity contribution in [2.75, 3.05) is 12.4 Å². The van der Waals surface area contributed by atoms with Crippen molar-refractivity contribution in [3.63, 3.8) is 0 Å². The molecule has 38 heavy (non-hydrogen) atoms. The lowest BCUT2D eigenvalue weighted by Gasteiger charge is -2.10. The van der Waals surface area contributed by atoms with E-state index in [2.05, 4.69) is 10.3 Å². The lowest BCUT2D eigenvalue weighted by atomic mass is 10.0. The van der Waals surface area contributed by atoms with Crippen LogP contribution >= 0.6 is 23.1 Å². The number of carbonyl (C=O) groups is 1. The molecule has 9 heteroatoms. The molecule has 4 aromatic carbocycles. The van der Waals surface area contributed by atoms with E-state index in [1.165, 1.54) is 11.3 Å². The monoisotopic (exact) mass is 543 g/mol. The zero-order valence-electron chi connectivity index (χ0n) is 19.9. The molecule has 5 nitrogen and oxygen atoms in total. The first-order chi connectivity index (χ1) is 18.5. The van der Waals surface area contributed by atoms with Crippen molar-refractivity contribution in [2.24, 2.45) is 0 Å². The molecular weight excluding hydrogens is 524 g/mol. The van der Waals surface area contributed by atoms with Crippen LogP contribution in [0.25, 0.3) is 43.1 Å². The number of nitrogens with zero attached hydrogens (tertiary/aromatic N) is 2. The Balaban J connectivity index is 1.37. The number of alkyl halides is 2. The molecule has 188 valence electrons. The van der Waals surface area contributed by atoms with Gasteiger partial charge in [-0.2, -0.15) is 8.78 Å². The van der Waals surface area contributed by atoms with Gasteiger partial charge in [-0.3, -0.25) is 10.1 Å². The Labute approximate surface area is 224 Å². The topological polar surface area (TPSA) is 64.1 Å². The molecule has 1 N–H and O–H groups in total. The lowest BCUT2D eigenvalue weighted by Crippen LogP contribution is -2.13. The van der Waals surface area contributed by atoms with E-state index in [9.17, 15) is 13.6 Å². The Kier molecular flexibility index (Phi) is 6.39. The van der Waals surface area contributed by atoms with Crippen LogP contribution in [0.4, 0.5) is 13.9 Å². The van der Waals surface area contributed by atoms with Crippen LogP contribution in [0.1, 0.15) is 10.4 Å². The Hall–Kier alpha value is -4.08. The molecule has 2 heterocycles. The molecule has 0 aliphatic heterocycles. The maximum absolute atomic E-state index is 13.5. The van der Waals surface area contributed by atoms with Gasteiger partial charge in [-0.25, -0.2) is 9.97 Å². The number of halogens is 2. The lowest BCUT2D eigenvalue weighted by molar-refractivity contribution is 0.102. The van der Waals surface area contributed by atoms with Crippen molar-refractivity contribution in [2.45, 2.75) is 10.7 Å². The second kappa shape index (κ2) is 10.00. The molecule has 2 aromatic heterocycles. The summed E-state index contributed by atoms with van der Waals surface area (Å²) < 4.78 is 31.6.